The maximum absolute atomic E-state index is 11.8. The van der Waals surface area contributed by atoms with Gasteiger partial charge in [0.15, 0.2) is 9.84 Å². The summed E-state index contributed by atoms with van der Waals surface area (Å²) in [7, 11) is -3.01. The minimum absolute atomic E-state index is 0.0115. The first-order chi connectivity index (χ1) is 8.50. The summed E-state index contributed by atoms with van der Waals surface area (Å²) in [5.74, 6) is -0.263. The van der Waals surface area contributed by atoms with Gasteiger partial charge in [0.25, 0.3) is 5.91 Å². The molecule has 94 valence electrons. The van der Waals surface area contributed by atoms with Crippen molar-refractivity contribution in [2.45, 2.75) is 12.5 Å². The number of nitrogens with zero attached hydrogens (tertiary/aromatic N) is 2. The van der Waals surface area contributed by atoms with Crippen LogP contribution in [0.3, 0.4) is 0 Å². The van der Waals surface area contributed by atoms with E-state index in [2.05, 4.69) is 10.3 Å². The third-order valence-corrected chi connectivity index (χ3v) is 4.48. The molecule has 1 fully saturated rings. The molecule has 1 amide bonds. The van der Waals surface area contributed by atoms with E-state index >= 15 is 0 Å². The lowest BCUT2D eigenvalue weighted by atomic mass is 10.2. The molecule has 2 heterocycles. The molecule has 7 heteroatoms. The smallest absolute Gasteiger partial charge is 0.253 e. The van der Waals surface area contributed by atoms with Crippen molar-refractivity contribution in [2.75, 3.05) is 11.5 Å². The van der Waals surface area contributed by atoms with Gasteiger partial charge < -0.3 is 5.32 Å². The molecule has 2 rings (SSSR count). The Hall–Kier alpha value is -1.94. The fourth-order valence-electron chi connectivity index (χ4n) is 1.77. The molecule has 1 unspecified atom stereocenters. The standard InChI is InChI=1S/C11H11N3O3S/c12-5-9-2-1-8(6-13-9)11(15)14-10-3-4-18(16,17)7-10/h1-2,6,10H,3-4,7H2,(H,14,15). The van der Waals surface area contributed by atoms with Gasteiger partial charge in [-0.1, -0.05) is 0 Å². The average Bonchev–Trinajstić information content (AvgIpc) is 2.68. The van der Waals surface area contributed by atoms with Crippen molar-refractivity contribution < 1.29 is 13.2 Å². The van der Waals surface area contributed by atoms with Crippen molar-refractivity contribution in [1.82, 2.24) is 10.3 Å². The van der Waals surface area contributed by atoms with Crippen LogP contribution in [0.15, 0.2) is 18.3 Å². The summed E-state index contributed by atoms with van der Waals surface area (Å²) in [4.78, 5) is 15.6. The third-order valence-electron chi connectivity index (χ3n) is 2.71. The number of rotatable bonds is 2. The zero-order valence-corrected chi connectivity index (χ0v) is 10.3. The zero-order valence-electron chi connectivity index (χ0n) is 9.46. The molecule has 0 aliphatic carbocycles. The molecular formula is C11H11N3O3S. The van der Waals surface area contributed by atoms with Gasteiger partial charge in [-0.15, -0.1) is 0 Å². The van der Waals surface area contributed by atoms with Gasteiger partial charge in [-0.2, -0.15) is 5.26 Å². The van der Waals surface area contributed by atoms with E-state index < -0.39 is 9.84 Å². The highest BCUT2D eigenvalue weighted by atomic mass is 32.2. The second-order valence-electron chi connectivity index (χ2n) is 4.12. The SMILES string of the molecule is N#Cc1ccc(C(=O)NC2CCS(=O)(=O)C2)cn1. The van der Waals surface area contributed by atoms with Gasteiger partial charge >= 0.3 is 0 Å². The van der Waals surface area contributed by atoms with Gasteiger partial charge in [-0.3, -0.25) is 4.79 Å². The first-order valence-corrected chi connectivity index (χ1v) is 7.20. The normalized spacial score (nSPS) is 21.2. The molecule has 1 aromatic rings. The number of sulfone groups is 1. The molecule has 1 aliphatic rings. The average molecular weight is 265 g/mol. The van der Waals surface area contributed by atoms with Crippen LogP contribution < -0.4 is 5.32 Å². The van der Waals surface area contributed by atoms with Gasteiger partial charge in [0, 0.05) is 12.2 Å². The Morgan fingerprint density at radius 2 is 2.28 bits per heavy atom. The summed E-state index contributed by atoms with van der Waals surface area (Å²) in [6.45, 7) is 0. The molecule has 0 aromatic carbocycles. The van der Waals surface area contributed by atoms with Gasteiger partial charge in [-0.25, -0.2) is 13.4 Å². The molecule has 18 heavy (non-hydrogen) atoms. The van der Waals surface area contributed by atoms with Crippen LogP contribution in [0.4, 0.5) is 0 Å². The molecule has 0 bridgehead atoms. The Kier molecular flexibility index (Phi) is 3.30. The molecule has 0 saturated carbocycles. The first kappa shape index (κ1) is 12.5. The molecule has 0 radical (unpaired) electrons. The Bertz CT molecular complexity index is 601. The molecule has 0 spiro atoms. The lowest BCUT2D eigenvalue weighted by Gasteiger charge is -2.10. The van der Waals surface area contributed by atoms with Crippen molar-refractivity contribution in [2.24, 2.45) is 0 Å². The fourth-order valence-corrected chi connectivity index (χ4v) is 3.45. The van der Waals surface area contributed by atoms with Gasteiger partial charge in [-0.05, 0) is 18.6 Å². The summed E-state index contributed by atoms with van der Waals surface area (Å²) in [6, 6.07) is 4.45. The van der Waals surface area contributed by atoms with Crippen LogP contribution in [-0.2, 0) is 9.84 Å². The molecule has 1 aromatic heterocycles. The van der Waals surface area contributed by atoms with Crippen molar-refractivity contribution in [3.63, 3.8) is 0 Å². The monoisotopic (exact) mass is 265 g/mol. The zero-order chi connectivity index (χ0) is 13.2. The summed E-state index contributed by atoms with van der Waals surface area (Å²) >= 11 is 0. The Labute approximate surface area is 105 Å². The largest absolute Gasteiger partial charge is 0.348 e. The highest BCUT2D eigenvalue weighted by Gasteiger charge is 2.29. The van der Waals surface area contributed by atoms with E-state index in [-0.39, 0.29) is 29.1 Å². The highest BCUT2D eigenvalue weighted by molar-refractivity contribution is 7.91. The van der Waals surface area contributed by atoms with Crippen LogP contribution in [0, 0.1) is 11.3 Å². The number of hydrogen-bond acceptors (Lipinski definition) is 5. The van der Waals surface area contributed by atoms with Crippen molar-refractivity contribution in [3.8, 4) is 6.07 Å². The van der Waals surface area contributed by atoms with Crippen LogP contribution in [0.5, 0.6) is 0 Å². The topological polar surface area (TPSA) is 99.9 Å². The van der Waals surface area contributed by atoms with Crippen LogP contribution in [0.1, 0.15) is 22.5 Å². The van der Waals surface area contributed by atoms with E-state index in [1.807, 2.05) is 6.07 Å². The second kappa shape index (κ2) is 4.74. The minimum Gasteiger partial charge on any atom is -0.348 e. The number of carbonyl (C=O) groups excluding carboxylic acids is 1. The van der Waals surface area contributed by atoms with Gasteiger partial charge in [0.05, 0.1) is 17.1 Å². The Balaban J connectivity index is 2.02. The van der Waals surface area contributed by atoms with E-state index in [0.29, 0.717) is 12.0 Å². The van der Waals surface area contributed by atoms with Crippen molar-refractivity contribution >= 4 is 15.7 Å². The maximum Gasteiger partial charge on any atom is 0.253 e. The number of aromatic nitrogens is 1. The van der Waals surface area contributed by atoms with Crippen LogP contribution in [0.2, 0.25) is 0 Å². The number of carbonyl (C=O) groups is 1. The summed E-state index contributed by atoms with van der Waals surface area (Å²) in [6.07, 6.45) is 1.75. The summed E-state index contributed by atoms with van der Waals surface area (Å²) < 4.78 is 22.5. The number of pyridine rings is 1. The molecular weight excluding hydrogens is 254 g/mol. The third kappa shape index (κ3) is 2.84. The predicted octanol–water partition coefficient (Wildman–Crippen LogP) is -0.130. The molecule has 1 saturated heterocycles. The van der Waals surface area contributed by atoms with Crippen molar-refractivity contribution in [1.29, 1.82) is 5.26 Å². The summed E-state index contributed by atoms with van der Waals surface area (Å²) in [5.41, 5.74) is 0.549. The van der Waals surface area contributed by atoms with Crippen LogP contribution in [0.25, 0.3) is 0 Å². The molecule has 1 atom stereocenters. The van der Waals surface area contributed by atoms with Gasteiger partial charge in [0.2, 0.25) is 0 Å². The van der Waals surface area contributed by atoms with E-state index in [1.54, 1.807) is 0 Å². The molecule has 1 N–H and O–H groups in total. The van der Waals surface area contributed by atoms with Crippen molar-refractivity contribution in [3.05, 3.63) is 29.6 Å². The predicted molar refractivity (Wildman–Crippen MR) is 63.5 cm³/mol. The van der Waals surface area contributed by atoms with Crippen LogP contribution in [-0.4, -0.2) is 36.9 Å². The van der Waals surface area contributed by atoms with Gasteiger partial charge in [0.1, 0.15) is 11.8 Å². The maximum atomic E-state index is 11.8. The lowest BCUT2D eigenvalue weighted by molar-refractivity contribution is 0.0941. The second-order valence-corrected chi connectivity index (χ2v) is 6.35. The van der Waals surface area contributed by atoms with Crippen LogP contribution >= 0.6 is 0 Å². The van der Waals surface area contributed by atoms with E-state index in [0.717, 1.165) is 0 Å². The fraction of sp³-hybridized carbons (Fsp3) is 0.364. The van der Waals surface area contributed by atoms with E-state index in [1.165, 1.54) is 18.3 Å². The Morgan fingerprint density at radius 1 is 1.50 bits per heavy atom. The number of amides is 1. The lowest BCUT2D eigenvalue weighted by Crippen LogP contribution is -2.35. The summed E-state index contributed by atoms with van der Waals surface area (Å²) in [5, 5.41) is 11.2. The number of nitriles is 1. The minimum atomic E-state index is -3.01. The number of nitrogens with one attached hydrogen (secondary N) is 1. The number of hydrogen-bond donors (Lipinski definition) is 1. The first-order valence-electron chi connectivity index (χ1n) is 5.37. The highest BCUT2D eigenvalue weighted by Crippen LogP contribution is 2.12. The van der Waals surface area contributed by atoms with E-state index in [9.17, 15) is 13.2 Å². The molecule has 6 nitrogen and oxygen atoms in total. The molecule has 1 aliphatic heterocycles. The van der Waals surface area contributed by atoms with E-state index in [4.69, 9.17) is 5.26 Å². The Morgan fingerprint density at radius 3 is 2.78 bits per heavy atom. The quantitative estimate of drug-likeness (QED) is 0.803.